The number of sulfone groups is 1. The highest BCUT2D eigenvalue weighted by Gasteiger charge is 2.53. The summed E-state index contributed by atoms with van der Waals surface area (Å²) in [7, 11) is -3.87. The molecule has 6 heteroatoms. The number of benzene rings is 10. The lowest BCUT2D eigenvalue weighted by atomic mass is 9.64. The molecule has 68 heavy (non-hydrogen) atoms. The summed E-state index contributed by atoms with van der Waals surface area (Å²) in [6.45, 7) is 0. The van der Waals surface area contributed by atoms with Gasteiger partial charge in [-0.15, -0.1) is 0 Å². The van der Waals surface area contributed by atoms with Gasteiger partial charge in [-0.25, -0.2) is 8.42 Å². The van der Waals surface area contributed by atoms with Gasteiger partial charge in [0.2, 0.25) is 9.84 Å². The van der Waals surface area contributed by atoms with Crippen molar-refractivity contribution in [3.63, 3.8) is 0 Å². The van der Waals surface area contributed by atoms with Crippen LogP contribution in [0.2, 0.25) is 0 Å². The van der Waals surface area contributed by atoms with E-state index in [2.05, 4.69) is 216 Å². The van der Waals surface area contributed by atoms with E-state index in [1.165, 1.54) is 78.5 Å². The second-order valence-electron chi connectivity index (χ2n) is 18.3. The van der Waals surface area contributed by atoms with Crippen molar-refractivity contribution in [3.8, 4) is 22.3 Å². The maximum Gasteiger partial charge on any atom is 0.208 e. The Morgan fingerprint density at radius 3 is 0.882 bits per heavy atom. The Labute approximate surface area is 399 Å². The number of para-hydroxylation sites is 4. The van der Waals surface area contributed by atoms with E-state index in [1.807, 2.05) is 24.3 Å². The van der Waals surface area contributed by atoms with E-state index in [1.54, 1.807) is 0 Å². The highest BCUT2D eigenvalue weighted by atomic mass is 32.2. The van der Waals surface area contributed by atoms with Gasteiger partial charge in [-0.05, 0) is 127 Å². The summed E-state index contributed by atoms with van der Waals surface area (Å²) in [5, 5.41) is 0. The molecule has 0 saturated heterocycles. The summed E-state index contributed by atoms with van der Waals surface area (Å²) in [4.78, 5) is 6.72. The van der Waals surface area contributed by atoms with E-state index in [9.17, 15) is 8.42 Å². The van der Waals surface area contributed by atoms with E-state index in [0.717, 1.165) is 34.1 Å². The zero-order valence-corrected chi connectivity index (χ0v) is 38.1. The van der Waals surface area contributed by atoms with Gasteiger partial charge in [0, 0.05) is 21.2 Å². The number of hydrogen-bond donors (Lipinski definition) is 0. The summed E-state index contributed by atoms with van der Waals surface area (Å²) in [5.41, 5.74) is 19.9. The minimum absolute atomic E-state index is 0.328. The quantitative estimate of drug-likeness (QED) is 0.173. The van der Waals surface area contributed by atoms with Crippen molar-refractivity contribution in [2.24, 2.45) is 0 Å². The monoisotopic (exact) mass is 906 g/mol. The van der Waals surface area contributed by atoms with Gasteiger partial charge in [-0.3, -0.25) is 0 Å². The third-order valence-corrected chi connectivity index (χ3v) is 18.5. The highest BCUT2D eigenvalue weighted by molar-refractivity contribution is 8.02. The number of anilines is 6. The predicted molar refractivity (Wildman–Crippen MR) is 274 cm³/mol. The molecule has 2 spiro atoms. The maximum atomic E-state index is 14.8. The van der Waals surface area contributed by atoms with E-state index in [4.69, 9.17) is 0 Å². The fourth-order valence-corrected chi connectivity index (χ4v) is 16.0. The van der Waals surface area contributed by atoms with Gasteiger partial charge in [0.15, 0.2) is 0 Å². The van der Waals surface area contributed by atoms with Crippen LogP contribution in [-0.4, -0.2) is 8.42 Å². The molecule has 0 saturated carbocycles. The topological polar surface area (TPSA) is 40.6 Å². The van der Waals surface area contributed by atoms with Gasteiger partial charge >= 0.3 is 0 Å². The SMILES string of the molecule is O=S1(=O)c2ccc(N3c4ccccc4C4(c5ccccc5-c5ccccc54)c4ccccc43)cc2Sc2cc(N3c4ccccc4C4(c5ccccc5-c5ccccc54)c4ccccc43)ccc21. The largest absolute Gasteiger partial charge is 0.310 e. The number of hydrogen-bond acceptors (Lipinski definition) is 5. The highest BCUT2D eigenvalue weighted by Crippen LogP contribution is 2.65. The summed E-state index contributed by atoms with van der Waals surface area (Å²) in [6, 6.07) is 82.0. The molecular weight excluding hydrogens is 869 g/mol. The molecule has 5 aliphatic rings. The van der Waals surface area contributed by atoms with Gasteiger partial charge in [0.25, 0.3) is 0 Å². The van der Waals surface area contributed by atoms with Crippen LogP contribution in [0.3, 0.4) is 0 Å². The van der Waals surface area contributed by atoms with E-state index < -0.39 is 20.7 Å². The standard InChI is InChI=1S/C62H38N2O2S2/c65-68(66)59-35-33-39(63-53-29-13-9-25-49(53)61(50-26-10-14-30-54(50)63)45-21-5-1-17-41(45)42-18-2-6-22-46(42)61)37-57(59)67-58-38-40(34-36-60(58)68)64-55-31-15-11-27-51(55)62(52-28-12-16-32-56(52)64)47-23-7-3-19-43(47)44-20-4-8-24-48(44)62/h1-38H. The van der Waals surface area contributed by atoms with Crippen molar-refractivity contribution in [1.29, 1.82) is 0 Å². The zero-order chi connectivity index (χ0) is 44.9. The van der Waals surface area contributed by atoms with Crippen molar-refractivity contribution in [1.82, 2.24) is 0 Å². The first-order chi connectivity index (χ1) is 33.5. The van der Waals surface area contributed by atoms with Crippen LogP contribution in [0.15, 0.2) is 250 Å². The van der Waals surface area contributed by atoms with Crippen LogP contribution in [-0.2, 0) is 20.7 Å². The smallest absolute Gasteiger partial charge is 0.208 e. The average Bonchev–Trinajstić information content (AvgIpc) is 3.85. The second kappa shape index (κ2) is 13.6. The first kappa shape index (κ1) is 38.2. The first-order valence-corrected chi connectivity index (χ1v) is 25.4. The third kappa shape index (κ3) is 4.64. The van der Waals surface area contributed by atoms with Crippen molar-refractivity contribution >= 4 is 55.7 Å². The summed E-state index contributed by atoms with van der Waals surface area (Å²) in [5.74, 6) is 0. The molecule has 0 N–H and O–H groups in total. The van der Waals surface area contributed by atoms with Gasteiger partial charge in [0.1, 0.15) is 0 Å². The lowest BCUT2D eigenvalue weighted by molar-refractivity contribution is 0.591. The predicted octanol–water partition coefficient (Wildman–Crippen LogP) is 15.3. The number of nitrogens with zero attached hydrogens (tertiary/aromatic N) is 2. The Morgan fingerprint density at radius 1 is 0.309 bits per heavy atom. The molecule has 3 aliphatic heterocycles. The molecule has 2 aliphatic carbocycles. The van der Waals surface area contributed by atoms with Crippen LogP contribution in [0.5, 0.6) is 0 Å². The van der Waals surface area contributed by atoms with Crippen LogP contribution in [0, 0.1) is 0 Å². The molecule has 0 amide bonds. The Hall–Kier alpha value is -7.90. The normalized spacial score (nSPS) is 16.0. The Kier molecular flexibility index (Phi) is 7.65. The van der Waals surface area contributed by atoms with Crippen molar-refractivity contribution < 1.29 is 8.42 Å². The van der Waals surface area contributed by atoms with Gasteiger partial charge in [0.05, 0.1) is 43.4 Å². The molecule has 0 aromatic heterocycles. The molecule has 0 fully saturated rings. The molecule has 10 aromatic rings. The van der Waals surface area contributed by atoms with Crippen LogP contribution in [0.4, 0.5) is 34.1 Å². The first-order valence-electron chi connectivity index (χ1n) is 23.1. The molecule has 15 rings (SSSR count). The number of fused-ring (bicyclic) bond motifs is 20. The summed E-state index contributed by atoms with van der Waals surface area (Å²) >= 11 is 1.53. The fraction of sp³-hybridized carbons (Fsp3) is 0.0323. The molecule has 320 valence electrons. The van der Waals surface area contributed by atoms with Gasteiger partial charge in [-0.2, -0.15) is 0 Å². The lowest BCUT2D eigenvalue weighted by Crippen LogP contribution is -2.36. The Balaban J connectivity index is 0.879. The lowest BCUT2D eigenvalue weighted by Gasteiger charge is -2.45. The zero-order valence-electron chi connectivity index (χ0n) is 36.5. The van der Waals surface area contributed by atoms with Crippen LogP contribution >= 0.6 is 11.8 Å². The van der Waals surface area contributed by atoms with Crippen LogP contribution < -0.4 is 9.80 Å². The van der Waals surface area contributed by atoms with Crippen LogP contribution in [0.25, 0.3) is 22.3 Å². The molecule has 0 unspecified atom stereocenters. The van der Waals surface area contributed by atoms with E-state index >= 15 is 0 Å². The summed E-state index contributed by atoms with van der Waals surface area (Å²) < 4.78 is 29.7. The minimum Gasteiger partial charge on any atom is -0.310 e. The van der Waals surface area contributed by atoms with Gasteiger partial charge < -0.3 is 9.80 Å². The molecule has 4 nitrogen and oxygen atoms in total. The Morgan fingerprint density at radius 2 is 0.574 bits per heavy atom. The molecular formula is C62H38N2O2S2. The summed E-state index contributed by atoms with van der Waals surface area (Å²) in [6.07, 6.45) is 0. The number of rotatable bonds is 2. The Bertz CT molecular complexity index is 3530. The van der Waals surface area contributed by atoms with Crippen molar-refractivity contribution in [2.45, 2.75) is 30.4 Å². The van der Waals surface area contributed by atoms with Crippen molar-refractivity contribution in [3.05, 3.63) is 275 Å². The molecule has 10 aromatic carbocycles. The molecule has 0 atom stereocenters. The molecule has 0 radical (unpaired) electrons. The second-order valence-corrected chi connectivity index (χ2v) is 21.3. The third-order valence-electron chi connectivity index (χ3n) is 15.3. The van der Waals surface area contributed by atoms with E-state index in [0.29, 0.717) is 19.6 Å². The maximum absolute atomic E-state index is 14.8. The fourth-order valence-electron chi connectivity index (χ4n) is 12.8. The van der Waals surface area contributed by atoms with Crippen LogP contribution in [0.1, 0.15) is 44.5 Å². The molecule has 3 heterocycles. The molecule has 0 bridgehead atoms. The minimum atomic E-state index is -3.87. The average molecular weight is 907 g/mol. The van der Waals surface area contributed by atoms with Gasteiger partial charge in [-0.1, -0.05) is 182 Å². The van der Waals surface area contributed by atoms with E-state index in [-0.39, 0.29) is 0 Å². The van der Waals surface area contributed by atoms with Crippen molar-refractivity contribution in [2.75, 3.05) is 9.80 Å².